The molecule has 0 atom stereocenters. The van der Waals surface area contributed by atoms with Crippen molar-refractivity contribution < 1.29 is 19.4 Å². The Bertz CT molecular complexity index is 1360. The summed E-state index contributed by atoms with van der Waals surface area (Å²) in [5, 5.41) is 14.7. The van der Waals surface area contributed by atoms with Crippen LogP contribution in [0.15, 0.2) is 72.9 Å². The molecule has 0 aliphatic rings. The van der Waals surface area contributed by atoms with Gasteiger partial charge in [0.2, 0.25) is 0 Å². The molecule has 3 aromatic carbocycles. The van der Waals surface area contributed by atoms with Crippen LogP contribution in [0, 0.1) is 0 Å². The van der Waals surface area contributed by atoms with Gasteiger partial charge in [-0.3, -0.25) is 9.59 Å². The summed E-state index contributed by atoms with van der Waals surface area (Å²) >= 11 is 0. The fraction of sp³-hybridized carbons (Fsp3) is 0.267. The van der Waals surface area contributed by atoms with E-state index in [1.165, 1.54) is 11.6 Å². The summed E-state index contributed by atoms with van der Waals surface area (Å²) in [5.41, 5.74) is 4.89. The van der Waals surface area contributed by atoms with Crippen molar-refractivity contribution in [3.05, 3.63) is 95.2 Å². The first-order chi connectivity index (χ1) is 17.5. The van der Waals surface area contributed by atoms with E-state index in [2.05, 4.69) is 36.5 Å². The van der Waals surface area contributed by atoms with E-state index in [1.807, 2.05) is 35.0 Å². The van der Waals surface area contributed by atoms with E-state index in [1.54, 1.807) is 19.1 Å². The monoisotopic (exact) mass is 484 g/mol. The highest BCUT2D eigenvalue weighted by molar-refractivity contribution is 6.16. The van der Waals surface area contributed by atoms with Crippen molar-refractivity contribution in [2.24, 2.45) is 0 Å². The number of ether oxygens (including phenoxy) is 1. The van der Waals surface area contributed by atoms with Crippen LogP contribution >= 0.6 is 0 Å². The largest absolute Gasteiger partial charge is 0.506 e. The van der Waals surface area contributed by atoms with Crippen LogP contribution < -0.4 is 5.32 Å². The Kier molecular flexibility index (Phi) is 8.06. The van der Waals surface area contributed by atoms with Gasteiger partial charge in [0.05, 0.1) is 12.3 Å². The molecule has 0 amide bonds. The second-order valence-electron chi connectivity index (χ2n) is 8.75. The second-order valence-corrected chi connectivity index (χ2v) is 8.75. The van der Waals surface area contributed by atoms with Crippen LogP contribution in [0.4, 0.5) is 5.69 Å². The minimum atomic E-state index is -0.215. The zero-order valence-corrected chi connectivity index (χ0v) is 20.8. The van der Waals surface area contributed by atoms with Crippen LogP contribution in [0.5, 0.6) is 5.75 Å². The maximum atomic E-state index is 13.4. The molecule has 36 heavy (non-hydrogen) atoms. The van der Waals surface area contributed by atoms with Gasteiger partial charge in [0.15, 0.2) is 5.78 Å². The number of hydrogen-bond acceptors (Lipinski definition) is 5. The first-order valence-corrected chi connectivity index (χ1v) is 12.4. The average Bonchev–Trinajstić information content (AvgIpc) is 3.26. The number of fused-ring (bicyclic) bond motifs is 1. The number of para-hydroxylation sites is 1. The minimum Gasteiger partial charge on any atom is -0.506 e. The topological polar surface area (TPSA) is 80.6 Å². The Morgan fingerprint density at radius 1 is 0.972 bits per heavy atom. The summed E-state index contributed by atoms with van der Waals surface area (Å²) in [7, 11) is 0. The molecule has 0 spiro atoms. The van der Waals surface area contributed by atoms with Crippen LogP contribution in [-0.4, -0.2) is 28.0 Å². The first kappa shape index (κ1) is 25.0. The highest BCUT2D eigenvalue weighted by Crippen LogP contribution is 2.29. The summed E-state index contributed by atoms with van der Waals surface area (Å²) in [4.78, 5) is 25.1. The maximum absolute atomic E-state index is 13.4. The number of carbonyl (C=O) groups excluding carboxylic acids is 2. The van der Waals surface area contributed by atoms with Crippen LogP contribution in [0.3, 0.4) is 0 Å². The van der Waals surface area contributed by atoms with Crippen LogP contribution in [0.25, 0.3) is 10.9 Å². The average molecular weight is 485 g/mol. The van der Waals surface area contributed by atoms with Gasteiger partial charge in [-0.25, -0.2) is 0 Å². The van der Waals surface area contributed by atoms with E-state index in [9.17, 15) is 14.7 Å². The lowest BCUT2D eigenvalue weighted by Crippen LogP contribution is -2.06. The number of benzene rings is 3. The number of phenolic OH excluding ortho intramolecular Hbond substituents is 1. The van der Waals surface area contributed by atoms with Gasteiger partial charge in [-0.1, -0.05) is 49.4 Å². The van der Waals surface area contributed by atoms with E-state index >= 15 is 0 Å². The van der Waals surface area contributed by atoms with E-state index in [0.29, 0.717) is 49.4 Å². The Morgan fingerprint density at radius 2 is 1.72 bits per heavy atom. The number of nitrogens with zero attached hydrogens (tertiary/aromatic N) is 1. The molecule has 186 valence electrons. The molecule has 4 aromatic rings. The quantitative estimate of drug-likeness (QED) is 0.153. The van der Waals surface area contributed by atoms with Crippen molar-refractivity contribution in [2.75, 3.05) is 11.9 Å². The molecule has 0 saturated carbocycles. The number of aromatic hydroxyl groups is 1. The molecule has 4 rings (SSSR count). The molecule has 0 aliphatic heterocycles. The molecule has 0 bridgehead atoms. The lowest BCUT2D eigenvalue weighted by atomic mass is 10.0. The molecule has 0 radical (unpaired) electrons. The van der Waals surface area contributed by atoms with E-state index in [4.69, 9.17) is 4.74 Å². The predicted molar refractivity (Wildman–Crippen MR) is 142 cm³/mol. The van der Waals surface area contributed by atoms with Crippen LogP contribution in [-0.2, 0) is 29.0 Å². The summed E-state index contributed by atoms with van der Waals surface area (Å²) < 4.78 is 7.01. The third-order valence-electron chi connectivity index (χ3n) is 6.29. The van der Waals surface area contributed by atoms with Crippen molar-refractivity contribution in [3.8, 4) is 5.75 Å². The predicted octanol–water partition coefficient (Wildman–Crippen LogP) is 6.10. The normalized spacial score (nSPS) is 10.9. The van der Waals surface area contributed by atoms with Gasteiger partial charge in [0.1, 0.15) is 5.75 Å². The number of phenols is 1. The number of aromatic nitrogens is 1. The molecule has 0 aliphatic carbocycles. The molecular weight excluding hydrogens is 452 g/mol. The number of carbonyl (C=O) groups is 2. The minimum absolute atomic E-state index is 0.0317. The fourth-order valence-corrected chi connectivity index (χ4v) is 4.31. The van der Waals surface area contributed by atoms with E-state index in [0.717, 1.165) is 22.9 Å². The van der Waals surface area contributed by atoms with Gasteiger partial charge in [-0.15, -0.1) is 0 Å². The zero-order chi connectivity index (χ0) is 25.5. The van der Waals surface area contributed by atoms with E-state index < -0.39 is 0 Å². The smallest absolute Gasteiger partial charge is 0.305 e. The number of esters is 1. The van der Waals surface area contributed by atoms with Crippen molar-refractivity contribution in [3.63, 3.8) is 0 Å². The van der Waals surface area contributed by atoms with Crippen molar-refractivity contribution in [1.82, 2.24) is 4.57 Å². The molecule has 0 saturated heterocycles. The van der Waals surface area contributed by atoms with Crippen molar-refractivity contribution in [1.29, 1.82) is 0 Å². The molecule has 0 unspecified atom stereocenters. The zero-order valence-electron chi connectivity index (χ0n) is 20.8. The number of nitrogens with one attached hydrogen (secondary N) is 1. The molecule has 2 N–H and O–H groups in total. The Morgan fingerprint density at radius 3 is 2.44 bits per heavy atom. The summed E-state index contributed by atoms with van der Waals surface area (Å²) in [6.07, 6.45) is 3.78. The SMILES string of the molecule is CCOC(=O)CCCn1cc(C(=O)c2ccc(NCc3ccc(CC)cc3)c(O)c2)c2ccccc21. The van der Waals surface area contributed by atoms with Gasteiger partial charge in [-0.2, -0.15) is 0 Å². The van der Waals surface area contributed by atoms with Gasteiger partial charge in [-0.05, 0) is 55.2 Å². The van der Waals surface area contributed by atoms with E-state index in [-0.39, 0.29) is 17.5 Å². The molecule has 1 heterocycles. The molecular formula is C30H32N2O4. The highest BCUT2D eigenvalue weighted by atomic mass is 16.5. The summed E-state index contributed by atoms with van der Waals surface area (Å²) in [5.74, 6) is -0.344. The molecule has 6 heteroatoms. The number of hydrogen-bond donors (Lipinski definition) is 2. The Balaban J connectivity index is 1.49. The highest BCUT2D eigenvalue weighted by Gasteiger charge is 2.18. The van der Waals surface area contributed by atoms with Crippen molar-refractivity contribution >= 4 is 28.3 Å². The van der Waals surface area contributed by atoms with Crippen LogP contribution in [0.2, 0.25) is 0 Å². The Hall–Kier alpha value is -4.06. The standard InChI is InChI=1S/C30H32N2O4/c1-3-21-11-13-22(14-12-21)19-31-26-16-15-23(18-28(26)33)30(35)25-20-32(17-7-10-29(34)36-4-2)27-9-6-5-8-24(25)27/h5-6,8-9,11-16,18,20,31,33H,3-4,7,10,17,19H2,1-2H3. The van der Waals surface area contributed by atoms with Gasteiger partial charge in [0, 0.05) is 47.7 Å². The van der Waals surface area contributed by atoms with Gasteiger partial charge < -0.3 is 19.7 Å². The molecule has 6 nitrogen and oxygen atoms in total. The van der Waals surface area contributed by atoms with Crippen LogP contribution in [0.1, 0.15) is 53.7 Å². The summed E-state index contributed by atoms with van der Waals surface area (Å²) in [6.45, 7) is 5.46. The number of rotatable bonds is 11. The van der Waals surface area contributed by atoms with Crippen molar-refractivity contribution in [2.45, 2.75) is 46.2 Å². The number of anilines is 1. The maximum Gasteiger partial charge on any atom is 0.305 e. The lowest BCUT2D eigenvalue weighted by molar-refractivity contribution is -0.143. The molecule has 0 fully saturated rings. The lowest BCUT2D eigenvalue weighted by Gasteiger charge is -2.10. The number of ketones is 1. The molecule has 1 aromatic heterocycles. The Labute approximate surface area is 211 Å². The van der Waals surface area contributed by atoms with Gasteiger partial charge in [0.25, 0.3) is 0 Å². The summed E-state index contributed by atoms with van der Waals surface area (Å²) in [6, 6.07) is 21.1. The second kappa shape index (κ2) is 11.6. The first-order valence-electron chi connectivity index (χ1n) is 12.4. The van der Waals surface area contributed by atoms with Gasteiger partial charge >= 0.3 is 5.97 Å². The third-order valence-corrected chi connectivity index (χ3v) is 6.29. The fourth-order valence-electron chi connectivity index (χ4n) is 4.31. The number of aryl methyl sites for hydroxylation is 2. The third kappa shape index (κ3) is 5.77.